The Bertz CT molecular complexity index is 3120. The Morgan fingerprint density at radius 2 is 1.59 bits per heavy atom. The highest BCUT2D eigenvalue weighted by atomic mass is 32.1. The fraction of sp³-hybridized carbons (Fsp3) is 0.353. The van der Waals surface area contributed by atoms with E-state index in [9.17, 15) is 19.2 Å². The van der Waals surface area contributed by atoms with Crippen LogP contribution in [0, 0.1) is 33.1 Å². The number of amides is 3. The topological polar surface area (TPSA) is 174 Å². The molecule has 0 aliphatic carbocycles. The van der Waals surface area contributed by atoms with Crippen molar-refractivity contribution in [3.8, 4) is 26.6 Å². The maximum Gasteiger partial charge on any atom is 0.308 e. The van der Waals surface area contributed by atoms with Gasteiger partial charge in [0.2, 0.25) is 11.8 Å². The molecule has 0 saturated carbocycles. The Kier molecular flexibility index (Phi) is 12.7. The molecule has 0 spiro atoms. The number of benzene rings is 3. The van der Waals surface area contributed by atoms with E-state index in [0.717, 1.165) is 69.8 Å². The molecule has 0 radical (unpaired) electrons. The lowest BCUT2D eigenvalue weighted by Gasteiger charge is -2.35. The van der Waals surface area contributed by atoms with Gasteiger partial charge in [-0.15, -0.1) is 44.2 Å². The zero-order valence-electron chi connectivity index (χ0n) is 39.5. The van der Waals surface area contributed by atoms with Crippen LogP contribution < -0.4 is 10.6 Å². The molecule has 9 rings (SSSR count). The summed E-state index contributed by atoms with van der Waals surface area (Å²) in [6.45, 7) is 16.2. The SMILES string of the molecule is COC(=O)CC1N=C(c2ccc(-c3ccc4sc(C(=O)NC(C(=O)N5CCCC5C(=O)NC(C)c5ccc(-c6scnc6C)cc5)C(C)(C)C)nc4c3)cc2)c2c(sc(C)c2C)-n2c(C)nnc21. The molecule has 4 unspecified atom stereocenters. The maximum absolute atomic E-state index is 14.4. The van der Waals surface area contributed by atoms with Gasteiger partial charge in [0.25, 0.3) is 5.91 Å². The van der Waals surface area contributed by atoms with E-state index in [1.807, 2.05) is 118 Å². The molecule has 4 aromatic heterocycles. The van der Waals surface area contributed by atoms with E-state index < -0.39 is 29.4 Å². The molecule has 2 aliphatic rings. The monoisotopic (exact) mass is 967 g/mol. The Morgan fingerprint density at radius 3 is 2.28 bits per heavy atom. The van der Waals surface area contributed by atoms with Gasteiger partial charge in [0, 0.05) is 22.5 Å². The lowest BCUT2D eigenvalue weighted by Crippen LogP contribution is -2.57. The molecule has 3 amide bonds. The first-order valence-corrected chi connectivity index (χ1v) is 25.1. The Labute approximate surface area is 406 Å². The lowest BCUT2D eigenvalue weighted by molar-refractivity contribution is -0.142. The van der Waals surface area contributed by atoms with Gasteiger partial charge in [-0.3, -0.25) is 28.7 Å². The number of aryl methyl sites for hydroxylation is 3. The van der Waals surface area contributed by atoms with Crippen LogP contribution in [0.15, 0.2) is 77.2 Å². The number of esters is 1. The summed E-state index contributed by atoms with van der Waals surface area (Å²) in [6.07, 6.45) is 1.24. The van der Waals surface area contributed by atoms with Crippen LogP contribution in [0.5, 0.6) is 0 Å². The highest BCUT2D eigenvalue weighted by Crippen LogP contribution is 2.40. The van der Waals surface area contributed by atoms with E-state index in [2.05, 4.69) is 39.7 Å². The number of nitrogens with zero attached hydrogens (tertiary/aromatic N) is 7. The summed E-state index contributed by atoms with van der Waals surface area (Å²) >= 11 is 4.51. The van der Waals surface area contributed by atoms with Crippen molar-refractivity contribution in [3.05, 3.63) is 122 Å². The predicted octanol–water partition coefficient (Wildman–Crippen LogP) is 9.43. The minimum Gasteiger partial charge on any atom is -0.469 e. The molecule has 1 saturated heterocycles. The number of hydrogen-bond donors (Lipinski definition) is 2. The summed E-state index contributed by atoms with van der Waals surface area (Å²) in [5.74, 6) is -0.0281. The normalized spacial score (nSPS) is 16.7. The smallest absolute Gasteiger partial charge is 0.308 e. The number of aliphatic imine (C=N–C) groups is 1. The number of nitrogens with one attached hydrogen (secondary N) is 2. The number of likely N-dealkylation sites (tertiary alicyclic amines) is 1. The van der Waals surface area contributed by atoms with Crippen molar-refractivity contribution in [2.75, 3.05) is 13.7 Å². The number of thiazole rings is 2. The van der Waals surface area contributed by atoms with Crippen molar-refractivity contribution in [2.45, 2.75) is 98.8 Å². The van der Waals surface area contributed by atoms with Crippen LogP contribution in [-0.2, 0) is 19.1 Å². The van der Waals surface area contributed by atoms with Gasteiger partial charge >= 0.3 is 5.97 Å². The molecule has 1 fully saturated rings. The second kappa shape index (κ2) is 18.6. The van der Waals surface area contributed by atoms with Crippen LogP contribution in [0.4, 0.5) is 0 Å². The molecular formula is C51H53N9O5S3. The number of thiophene rings is 1. The fourth-order valence-electron chi connectivity index (χ4n) is 9.00. The van der Waals surface area contributed by atoms with E-state index in [0.29, 0.717) is 36.6 Å². The van der Waals surface area contributed by atoms with Crippen molar-refractivity contribution in [2.24, 2.45) is 10.4 Å². The standard InChI is InChI=1S/C51H53N9O5S3/c1-26-29(4)67-50-41(26)42(54-37(24-40(61)65-9)45-58-57-30(5)60(45)50)33-16-14-32(15-17-33)35-20-21-39-36(23-35)55-48(68-39)47(63)56-44(51(6,7)8)49(64)59-22-10-11-38(59)46(62)53-27(2)31-12-18-34(19-13-31)43-28(3)52-25-66-43/h12-21,23,25,27,37-38,44H,10-11,22,24H2,1-9H3,(H,53,62)(H,56,63). The Morgan fingerprint density at radius 1 is 0.882 bits per heavy atom. The van der Waals surface area contributed by atoms with Gasteiger partial charge in [0.05, 0.1) is 51.6 Å². The molecule has 4 atom stereocenters. The molecule has 7 aromatic rings. The fourth-order valence-corrected chi connectivity index (χ4v) is 11.9. The molecule has 2 aliphatic heterocycles. The molecule has 2 N–H and O–H groups in total. The second-order valence-electron chi connectivity index (χ2n) is 18.5. The zero-order chi connectivity index (χ0) is 48.2. The third kappa shape index (κ3) is 8.90. The number of rotatable bonds is 11. The number of aromatic nitrogens is 5. The quantitative estimate of drug-likeness (QED) is 0.120. The molecule has 3 aromatic carbocycles. The minimum absolute atomic E-state index is 0.0211. The largest absolute Gasteiger partial charge is 0.469 e. The summed E-state index contributed by atoms with van der Waals surface area (Å²) < 4.78 is 7.89. The number of methoxy groups -OCH3 is 1. The summed E-state index contributed by atoms with van der Waals surface area (Å²) in [5, 5.41) is 16.2. The van der Waals surface area contributed by atoms with Gasteiger partial charge in [-0.25, -0.2) is 9.97 Å². The van der Waals surface area contributed by atoms with Crippen molar-refractivity contribution in [3.63, 3.8) is 0 Å². The average Bonchev–Trinajstić information content (AvgIpc) is 4.17. The van der Waals surface area contributed by atoms with Crippen LogP contribution in [0.2, 0.25) is 0 Å². The van der Waals surface area contributed by atoms with Crippen LogP contribution in [0.25, 0.3) is 36.8 Å². The van der Waals surface area contributed by atoms with Crippen molar-refractivity contribution in [1.29, 1.82) is 0 Å². The lowest BCUT2D eigenvalue weighted by atomic mass is 9.85. The van der Waals surface area contributed by atoms with E-state index in [1.165, 1.54) is 18.4 Å². The van der Waals surface area contributed by atoms with Gasteiger partial charge < -0.3 is 20.3 Å². The average molecular weight is 968 g/mol. The number of carbonyl (C=O) groups excluding carboxylic acids is 4. The Hall–Kier alpha value is -6.43. The zero-order valence-corrected chi connectivity index (χ0v) is 41.9. The number of hydrogen-bond acceptors (Lipinski definition) is 13. The summed E-state index contributed by atoms with van der Waals surface area (Å²) in [4.78, 5) is 73.0. The molecule has 68 heavy (non-hydrogen) atoms. The van der Waals surface area contributed by atoms with E-state index in [1.54, 1.807) is 27.6 Å². The molecule has 6 heterocycles. The van der Waals surface area contributed by atoms with Crippen molar-refractivity contribution >= 4 is 73.6 Å². The van der Waals surface area contributed by atoms with Gasteiger partial charge in [0.1, 0.15) is 29.0 Å². The molecule has 17 heteroatoms. The minimum atomic E-state index is -0.904. The summed E-state index contributed by atoms with van der Waals surface area (Å²) in [7, 11) is 1.37. The van der Waals surface area contributed by atoms with Crippen molar-refractivity contribution < 1.29 is 23.9 Å². The third-order valence-corrected chi connectivity index (χ3v) is 16.1. The number of fused-ring (bicyclic) bond motifs is 4. The van der Waals surface area contributed by atoms with Crippen LogP contribution in [0.1, 0.15) is 113 Å². The first-order chi connectivity index (χ1) is 32.5. The highest BCUT2D eigenvalue weighted by molar-refractivity contribution is 7.20. The van der Waals surface area contributed by atoms with E-state index in [-0.39, 0.29) is 35.3 Å². The summed E-state index contributed by atoms with van der Waals surface area (Å²) in [6, 6.07) is 19.7. The second-order valence-corrected chi connectivity index (χ2v) is 21.6. The first kappa shape index (κ1) is 46.7. The van der Waals surface area contributed by atoms with Crippen molar-refractivity contribution in [1.82, 2.24) is 40.3 Å². The predicted molar refractivity (Wildman–Crippen MR) is 268 cm³/mol. The number of ether oxygens (including phenoxy) is 1. The van der Waals surface area contributed by atoms with Gasteiger partial charge in [0.15, 0.2) is 10.8 Å². The van der Waals surface area contributed by atoms with Gasteiger partial charge in [-0.2, -0.15) is 0 Å². The van der Waals surface area contributed by atoms with E-state index in [4.69, 9.17) is 14.7 Å². The van der Waals surface area contributed by atoms with Gasteiger partial charge in [-0.05, 0) is 92.8 Å². The Balaban J connectivity index is 0.906. The highest BCUT2D eigenvalue weighted by Gasteiger charge is 2.42. The molecule has 350 valence electrons. The van der Waals surface area contributed by atoms with Crippen LogP contribution in [0.3, 0.4) is 0 Å². The molecule has 14 nitrogen and oxygen atoms in total. The summed E-state index contributed by atoms with van der Waals surface area (Å²) in [5.41, 5.74) is 10.5. The molecule has 0 bridgehead atoms. The van der Waals surface area contributed by atoms with Crippen LogP contribution in [-0.4, -0.2) is 84.8 Å². The van der Waals surface area contributed by atoms with E-state index >= 15 is 0 Å². The number of carbonyl (C=O) groups is 4. The maximum atomic E-state index is 14.4. The first-order valence-electron chi connectivity index (χ1n) is 22.6. The van der Waals surface area contributed by atoms with Gasteiger partial charge in [-0.1, -0.05) is 75.4 Å². The van der Waals surface area contributed by atoms with Crippen LogP contribution >= 0.6 is 34.0 Å². The third-order valence-electron chi connectivity index (χ3n) is 12.9. The molecular weight excluding hydrogens is 915 g/mol.